The molecule has 26 heavy (non-hydrogen) atoms. The topological polar surface area (TPSA) is 63.1 Å². The van der Waals surface area contributed by atoms with Gasteiger partial charge in [0.15, 0.2) is 0 Å². The number of aromatic amines is 1. The Kier molecular flexibility index (Phi) is 5.37. The standard InChI is InChI=1S/C19H23FN4O2/c1-13-16(17-8-15(20)4-5-18(17)22-13)9-19(25)24(6-7-26-3)12-14-10-21-23(2)11-14/h4-5,8,10-11,22H,6-7,9,12H2,1-3H3. The van der Waals surface area contributed by atoms with Gasteiger partial charge in [-0.05, 0) is 30.7 Å². The van der Waals surface area contributed by atoms with Gasteiger partial charge in [-0.3, -0.25) is 9.48 Å². The van der Waals surface area contributed by atoms with E-state index in [4.69, 9.17) is 4.74 Å². The number of methoxy groups -OCH3 is 1. The summed E-state index contributed by atoms with van der Waals surface area (Å²) in [5.74, 6) is -0.337. The van der Waals surface area contributed by atoms with E-state index in [0.717, 1.165) is 27.7 Å². The normalized spacial score (nSPS) is 11.2. The van der Waals surface area contributed by atoms with Crippen molar-refractivity contribution in [2.24, 2.45) is 7.05 Å². The van der Waals surface area contributed by atoms with E-state index in [1.54, 1.807) is 29.0 Å². The largest absolute Gasteiger partial charge is 0.383 e. The molecule has 3 rings (SSSR count). The Morgan fingerprint density at radius 3 is 2.92 bits per heavy atom. The zero-order valence-electron chi connectivity index (χ0n) is 15.3. The predicted octanol–water partition coefficient (Wildman–Crippen LogP) is 2.57. The van der Waals surface area contributed by atoms with Gasteiger partial charge in [0.1, 0.15) is 5.82 Å². The predicted molar refractivity (Wildman–Crippen MR) is 97.2 cm³/mol. The number of ether oxygens (including phenoxy) is 1. The molecule has 0 saturated heterocycles. The maximum atomic E-state index is 13.6. The molecule has 0 aliphatic carbocycles. The first-order valence-corrected chi connectivity index (χ1v) is 8.49. The number of rotatable bonds is 7. The van der Waals surface area contributed by atoms with E-state index in [0.29, 0.717) is 19.7 Å². The summed E-state index contributed by atoms with van der Waals surface area (Å²) < 4.78 is 20.5. The molecule has 0 atom stereocenters. The number of benzene rings is 1. The van der Waals surface area contributed by atoms with Crippen molar-refractivity contribution in [1.82, 2.24) is 19.7 Å². The smallest absolute Gasteiger partial charge is 0.227 e. The monoisotopic (exact) mass is 358 g/mol. The van der Waals surface area contributed by atoms with Gasteiger partial charge >= 0.3 is 0 Å². The molecule has 0 aliphatic rings. The molecule has 0 aliphatic heterocycles. The summed E-state index contributed by atoms with van der Waals surface area (Å²) in [4.78, 5) is 17.9. The van der Waals surface area contributed by atoms with Crippen LogP contribution in [-0.2, 0) is 29.5 Å². The van der Waals surface area contributed by atoms with Gasteiger partial charge in [-0.25, -0.2) is 4.39 Å². The van der Waals surface area contributed by atoms with Gasteiger partial charge in [0, 0.05) is 55.6 Å². The van der Waals surface area contributed by atoms with Crippen LogP contribution in [0.1, 0.15) is 16.8 Å². The van der Waals surface area contributed by atoms with Gasteiger partial charge in [0.2, 0.25) is 5.91 Å². The van der Waals surface area contributed by atoms with Crippen LogP contribution in [0, 0.1) is 12.7 Å². The van der Waals surface area contributed by atoms with Crippen molar-refractivity contribution in [2.45, 2.75) is 19.9 Å². The second-order valence-electron chi connectivity index (χ2n) is 6.43. The van der Waals surface area contributed by atoms with Crippen LogP contribution in [0.4, 0.5) is 4.39 Å². The quantitative estimate of drug-likeness (QED) is 0.706. The SMILES string of the molecule is COCCN(Cc1cnn(C)c1)C(=O)Cc1c(C)[nH]c2ccc(F)cc12. The average Bonchev–Trinajstić information content (AvgIpc) is 3.15. The van der Waals surface area contributed by atoms with Crippen LogP contribution < -0.4 is 0 Å². The molecule has 0 unspecified atom stereocenters. The number of nitrogens with zero attached hydrogens (tertiary/aromatic N) is 3. The van der Waals surface area contributed by atoms with E-state index in [1.165, 1.54) is 12.1 Å². The molecule has 138 valence electrons. The Bertz CT molecular complexity index is 916. The van der Waals surface area contributed by atoms with Crippen LogP contribution in [0.25, 0.3) is 10.9 Å². The minimum atomic E-state index is -0.309. The number of halogens is 1. The van der Waals surface area contributed by atoms with Crippen molar-refractivity contribution in [1.29, 1.82) is 0 Å². The molecule has 0 saturated carbocycles. The highest BCUT2D eigenvalue weighted by Crippen LogP contribution is 2.24. The molecule has 3 aromatic rings. The number of amides is 1. The van der Waals surface area contributed by atoms with E-state index < -0.39 is 0 Å². The average molecular weight is 358 g/mol. The Morgan fingerprint density at radius 1 is 1.42 bits per heavy atom. The van der Waals surface area contributed by atoms with Crippen LogP contribution >= 0.6 is 0 Å². The highest BCUT2D eigenvalue weighted by molar-refractivity contribution is 5.90. The summed E-state index contributed by atoms with van der Waals surface area (Å²) >= 11 is 0. The van der Waals surface area contributed by atoms with Crippen molar-refractivity contribution >= 4 is 16.8 Å². The van der Waals surface area contributed by atoms with Gasteiger partial charge in [-0.15, -0.1) is 0 Å². The first-order chi connectivity index (χ1) is 12.5. The fourth-order valence-corrected chi connectivity index (χ4v) is 3.11. The van der Waals surface area contributed by atoms with Crippen molar-refractivity contribution in [3.8, 4) is 0 Å². The third-order valence-electron chi connectivity index (χ3n) is 4.46. The van der Waals surface area contributed by atoms with Crippen LogP contribution in [-0.4, -0.2) is 45.8 Å². The first kappa shape index (κ1) is 18.1. The molecular weight excluding hydrogens is 335 g/mol. The van der Waals surface area contributed by atoms with Crippen molar-refractivity contribution < 1.29 is 13.9 Å². The van der Waals surface area contributed by atoms with Gasteiger partial charge in [0.05, 0.1) is 19.2 Å². The summed E-state index contributed by atoms with van der Waals surface area (Å²) in [6, 6.07) is 4.59. The fraction of sp³-hybridized carbons (Fsp3) is 0.368. The molecule has 1 amide bonds. The van der Waals surface area contributed by atoms with Crippen LogP contribution in [0.15, 0.2) is 30.6 Å². The van der Waals surface area contributed by atoms with Gasteiger partial charge < -0.3 is 14.6 Å². The molecule has 1 aromatic carbocycles. The zero-order valence-corrected chi connectivity index (χ0v) is 15.3. The molecule has 2 aromatic heterocycles. The van der Waals surface area contributed by atoms with E-state index in [-0.39, 0.29) is 18.1 Å². The number of carbonyl (C=O) groups excluding carboxylic acids is 1. The van der Waals surface area contributed by atoms with E-state index >= 15 is 0 Å². The molecule has 0 fully saturated rings. The van der Waals surface area contributed by atoms with Crippen molar-refractivity contribution in [3.05, 3.63) is 53.2 Å². The lowest BCUT2D eigenvalue weighted by atomic mass is 10.1. The lowest BCUT2D eigenvalue weighted by Crippen LogP contribution is -2.34. The van der Waals surface area contributed by atoms with Gasteiger partial charge in [-0.1, -0.05) is 0 Å². The Morgan fingerprint density at radius 2 is 2.23 bits per heavy atom. The highest BCUT2D eigenvalue weighted by atomic mass is 19.1. The lowest BCUT2D eigenvalue weighted by molar-refractivity contribution is -0.131. The first-order valence-electron chi connectivity index (χ1n) is 8.49. The third-order valence-corrected chi connectivity index (χ3v) is 4.46. The minimum Gasteiger partial charge on any atom is -0.383 e. The number of carbonyl (C=O) groups is 1. The number of hydrogen-bond donors (Lipinski definition) is 1. The third kappa shape index (κ3) is 3.94. The second-order valence-corrected chi connectivity index (χ2v) is 6.43. The summed E-state index contributed by atoms with van der Waals surface area (Å²) in [5.41, 5.74) is 3.51. The van der Waals surface area contributed by atoms with Gasteiger partial charge in [0.25, 0.3) is 0 Å². The van der Waals surface area contributed by atoms with Crippen LogP contribution in [0.5, 0.6) is 0 Å². The van der Waals surface area contributed by atoms with E-state index in [9.17, 15) is 9.18 Å². The maximum absolute atomic E-state index is 13.6. The summed E-state index contributed by atoms with van der Waals surface area (Å²) in [7, 11) is 3.45. The van der Waals surface area contributed by atoms with E-state index in [1.807, 2.05) is 20.2 Å². The van der Waals surface area contributed by atoms with E-state index in [2.05, 4.69) is 10.1 Å². The number of aryl methyl sites for hydroxylation is 2. The number of fused-ring (bicyclic) bond motifs is 1. The number of nitrogens with one attached hydrogen (secondary N) is 1. The molecule has 7 heteroatoms. The lowest BCUT2D eigenvalue weighted by Gasteiger charge is -2.22. The maximum Gasteiger partial charge on any atom is 0.227 e. The number of aromatic nitrogens is 3. The number of H-pyrrole nitrogens is 1. The zero-order chi connectivity index (χ0) is 18.7. The summed E-state index contributed by atoms with van der Waals surface area (Å²) in [6.45, 7) is 3.31. The van der Waals surface area contributed by atoms with Crippen molar-refractivity contribution in [3.63, 3.8) is 0 Å². The summed E-state index contributed by atoms with van der Waals surface area (Å²) in [5, 5.41) is 4.90. The molecule has 1 N–H and O–H groups in total. The highest BCUT2D eigenvalue weighted by Gasteiger charge is 2.19. The summed E-state index contributed by atoms with van der Waals surface area (Å²) in [6.07, 6.45) is 3.85. The Labute approximate surface area is 151 Å². The molecule has 0 radical (unpaired) electrons. The van der Waals surface area contributed by atoms with Crippen LogP contribution in [0.3, 0.4) is 0 Å². The molecule has 0 bridgehead atoms. The second kappa shape index (κ2) is 7.70. The number of hydrogen-bond acceptors (Lipinski definition) is 3. The fourth-order valence-electron chi connectivity index (χ4n) is 3.11. The van der Waals surface area contributed by atoms with Crippen LogP contribution in [0.2, 0.25) is 0 Å². The molecular formula is C19H23FN4O2. The Hall–Kier alpha value is -2.67. The molecule has 6 nitrogen and oxygen atoms in total. The Balaban J connectivity index is 1.83. The van der Waals surface area contributed by atoms with Crippen molar-refractivity contribution in [2.75, 3.05) is 20.3 Å². The molecule has 2 heterocycles. The molecule has 0 spiro atoms. The van der Waals surface area contributed by atoms with Gasteiger partial charge in [-0.2, -0.15) is 5.10 Å². The minimum absolute atomic E-state index is 0.0286.